The highest BCUT2D eigenvalue weighted by atomic mass is 16.1. The lowest BCUT2D eigenvalue weighted by atomic mass is 10.2. The van der Waals surface area contributed by atoms with E-state index in [0.717, 1.165) is 5.01 Å². The van der Waals surface area contributed by atoms with Gasteiger partial charge >= 0.3 is 0 Å². The maximum atomic E-state index is 10.2. The molecule has 0 aliphatic carbocycles. The van der Waals surface area contributed by atoms with Crippen molar-refractivity contribution in [1.82, 2.24) is 10.4 Å². The Bertz CT molecular complexity index is 236. The highest BCUT2D eigenvalue weighted by Crippen LogP contribution is 2.03. The lowest BCUT2D eigenvalue weighted by Crippen LogP contribution is -2.33. The van der Waals surface area contributed by atoms with E-state index in [4.69, 9.17) is 11.7 Å². The van der Waals surface area contributed by atoms with Crippen molar-refractivity contribution < 1.29 is 4.79 Å². The standard InChI is InChI=1S/C8H14N4O.C2H6/c1-3-7(5-12(10)6-13)8(4-2)11-9;1-2/h3-4,6,11H,1-2,5,9-10H2;1-2H3/b8-7-;. The number of allylic oxidation sites excluding steroid dienone is 1. The van der Waals surface area contributed by atoms with E-state index in [1.54, 1.807) is 6.08 Å². The lowest BCUT2D eigenvalue weighted by molar-refractivity contribution is -0.117. The van der Waals surface area contributed by atoms with Crippen LogP contribution in [0.25, 0.3) is 0 Å². The predicted octanol–water partition coefficient (Wildman–Crippen LogP) is 0.434. The molecule has 0 spiro atoms. The van der Waals surface area contributed by atoms with Gasteiger partial charge in [-0.25, -0.2) is 5.84 Å². The van der Waals surface area contributed by atoms with E-state index in [-0.39, 0.29) is 6.54 Å². The summed E-state index contributed by atoms with van der Waals surface area (Å²) in [4.78, 5) is 10.2. The zero-order valence-electron chi connectivity index (χ0n) is 9.36. The molecule has 0 saturated carbocycles. The van der Waals surface area contributed by atoms with Crippen molar-refractivity contribution in [2.24, 2.45) is 11.7 Å². The number of hydrogen-bond acceptors (Lipinski definition) is 4. The lowest BCUT2D eigenvalue weighted by Gasteiger charge is -2.13. The van der Waals surface area contributed by atoms with E-state index < -0.39 is 0 Å². The van der Waals surface area contributed by atoms with Crippen molar-refractivity contribution in [3.05, 3.63) is 36.6 Å². The fraction of sp³-hybridized carbons (Fsp3) is 0.300. The van der Waals surface area contributed by atoms with Gasteiger partial charge in [0, 0.05) is 0 Å². The second kappa shape index (κ2) is 10.5. The Morgan fingerprint density at radius 3 is 2.20 bits per heavy atom. The van der Waals surface area contributed by atoms with Crippen molar-refractivity contribution in [2.45, 2.75) is 13.8 Å². The van der Waals surface area contributed by atoms with E-state index >= 15 is 0 Å². The van der Waals surface area contributed by atoms with Gasteiger partial charge in [-0.15, -0.1) is 0 Å². The van der Waals surface area contributed by atoms with E-state index in [9.17, 15) is 4.79 Å². The molecule has 0 aromatic rings. The van der Waals surface area contributed by atoms with Crippen molar-refractivity contribution in [2.75, 3.05) is 6.54 Å². The van der Waals surface area contributed by atoms with E-state index in [0.29, 0.717) is 17.7 Å². The molecule has 15 heavy (non-hydrogen) atoms. The molecule has 0 saturated heterocycles. The van der Waals surface area contributed by atoms with Gasteiger partial charge in [-0.05, 0) is 11.6 Å². The van der Waals surface area contributed by atoms with Crippen molar-refractivity contribution in [1.29, 1.82) is 0 Å². The molecule has 0 radical (unpaired) electrons. The monoisotopic (exact) mass is 212 g/mol. The molecule has 0 bridgehead atoms. The van der Waals surface area contributed by atoms with Crippen LogP contribution in [0.3, 0.4) is 0 Å². The van der Waals surface area contributed by atoms with Crippen molar-refractivity contribution in [3.63, 3.8) is 0 Å². The second-order valence-corrected chi connectivity index (χ2v) is 2.27. The highest BCUT2D eigenvalue weighted by Gasteiger charge is 2.02. The van der Waals surface area contributed by atoms with Gasteiger partial charge in [-0.2, -0.15) is 0 Å². The summed E-state index contributed by atoms with van der Waals surface area (Å²) >= 11 is 0. The number of rotatable bonds is 6. The number of nitrogens with zero attached hydrogens (tertiary/aromatic N) is 1. The number of carbonyl (C=O) groups is 1. The van der Waals surface area contributed by atoms with Crippen molar-refractivity contribution in [3.8, 4) is 0 Å². The van der Waals surface area contributed by atoms with Gasteiger partial charge in [0.05, 0.1) is 12.2 Å². The first kappa shape index (κ1) is 15.9. The van der Waals surface area contributed by atoms with Crippen LogP contribution in [-0.2, 0) is 4.79 Å². The van der Waals surface area contributed by atoms with Crippen LogP contribution in [0.4, 0.5) is 0 Å². The molecular weight excluding hydrogens is 192 g/mol. The third-order valence-corrected chi connectivity index (χ3v) is 1.44. The maximum absolute atomic E-state index is 10.2. The molecule has 0 rings (SSSR count). The Morgan fingerprint density at radius 1 is 1.40 bits per heavy atom. The molecule has 86 valence electrons. The Hall–Kier alpha value is -1.59. The molecule has 0 heterocycles. The molecule has 5 N–H and O–H groups in total. The molecule has 1 amide bonds. The Kier molecular flexibility index (Phi) is 11.1. The van der Waals surface area contributed by atoms with E-state index in [1.807, 2.05) is 13.8 Å². The van der Waals surface area contributed by atoms with Crippen LogP contribution in [-0.4, -0.2) is 18.0 Å². The molecule has 0 aliphatic rings. The topological polar surface area (TPSA) is 84.4 Å². The SMILES string of the molecule is C=C/C(CN(N)C=O)=C(\C=C)NN.CC. The minimum absolute atomic E-state index is 0.235. The van der Waals surface area contributed by atoms with Crippen molar-refractivity contribution >= 4 is 6.41 Å². The third kappa shape index (κ3) is 6.48. The van der Waals surface area contributed by atoms with Crippen LogP contribution in [0.2, 0.25) is 0 Å². The van der Waals surface area contributed by atoms with Gasteiger partial charge < -0.3 is 5.43 Å². The molecular formula is C10H20N4O. The van der Waals surface area contributed by atoms with Crippen LogP contribution in [0.15, 0.2) is 36.6 Å². The second-order valence-electron chi connectivity index (χ2n) is 2.27. The number of nitrogens with two attached hydrogens (primary N) is 2. The largest absolute Gasteiger partial charge is 0.324 e. The average molecular weight is 212 g/mol. The summed E-state index contributed by atoms with van der Waals surface area (Å²) in [7, 11) is 0. The van der Waals surface area contributed by atoms with Gasteiger partial charge in [-0.1, -0.05) is 33.1 Å². The molecule has 0 aromatic heterocycles. The molecule has 0 aliphatic heterocycles. The summed E-state index contributed by atoms with van der Waals surface area (Å²) in [6, 6.07) is 0. The molecule has 0 aromatic carbocycles. The number of carbonyl (C=O) groups excluding carboxylic acids is 1. The molecule has 0 fully saturated rings. The fourth-order valence-electron chi connectivity index (χ4n) is 0.776. The van der Waals surface area contributed by atoms with Gasteiger partial charge in [0.25, 0.3) is 0 Å². The maximum Gasteiger partial charge on any atom is 0.223 e. The Labute approximate surface area is 91.1 Å². The minimum Gasteiger partial charge on any atom is -0.324 e. The summed E-state index contributed by atoms with van der Waals surface area (Å²) < 4.78 is 0. The minimum atomic E-state index is 0.235. The third-order valence-electron chi connectivity index (χ3n) is 1.44. The average Bonchev–Trinajstić information content (AvgIpc) is 2.31. The van der Waals surface area contributed by atoms with Crippen LogP contribution in [0, 0.1) is 0 Å². The quantitative estimate of drug-likeness (QED) is 0.196. The smallest absolute Gasteiger partial charge is 0.223 e. The Balaban J connectivity index is 0. The zero-order chi connectivity index (χ0) is 12.3. The zero-order valence-corrected chi connectivity index (χ0v) is 9.36. The summed E-state index contributed by atoms with van der Waals surface area (Å²) in [5, 5.41) is 0.984. The van der Waals surface area contributed by atoms with Crippen LogP contribution < -0.4 is 17.1 Å². The number of hydrogen-bond donors (Lipinski definition) is 3. The first-order valence-corrected chi connectivity index (χ1v) is 4.60. The number of amides is 1. The van der Waals surface area contributed by atoms with E-state index in [1.165, 1.54) is 6.08 Å². The van der Waals surface area contributed by atoms with Gasteiger partial charge in [0.15, 0.2) is 0 Å². The normalized spacial score (nSPS) is 10.1. The van der Waals surface area contributed by atoms with Crippen LogP contribution in [0.5, 0.6) is 0 Å². The molecule has 0 unspecified atom stereocenters. The van der Waals surface area contributed by atoms with E-state index in [2.05, 4.69) is 18.6 Å². The summed E-state index contributed by atoms with van der Waals surface area (Å²) in [6.45, 7) is 11.3. The summed E-state index contributed by atoms with van der Waals surface area (Å²) in [6.07, 6.45) is 3.59. The van der Waals surface area contributed by atoms with Crippen LogP contribution in [0.1, 0.15) is 13.8 Å². The molecule has 0 atom stereocenters. The summed E-state index contributed by atoms with van der Waals surface area (Å²) in [5.74, 6) is 10.5. The Morgan fingerprint density at radius 2 is 1.93 bits per heavy atom. The predicted molar refractivity (Wildman–Crippen MR) is 63.0 cm³/mol. The number of hydrazine groups is 2. The fourth-order valence-corrected chi connectivity index (χ4v) is 0.776. The first-order chi connectivity index (χ1) is 7.19. The number of nitrogens with one attached hydrogen (secondary N) is 1. The van der Waals surface area contributed by atoms with Gasteiger partial charge in [-0.3, -0.25) is 15.6 Å². The molecule has 5 heteroatoms. The van der Waals surface area contributed by atoms with Crippen LogP contribution >= 0.6 is 0 Å². The highest BCUT2D eigenvalue weighted by molar-refractivity contribution is 5.47. The van der Waals surface area contributed by atoms with Gasteiger partial charge in [0.1, 0.15) is 0 Å². The van der Waals surface area contributed by atoms with Gasteiger partial charge in [0.2, 0.25) is 6.41 Å². The summed E-state index contributed by atoms with van der Waals surface area (Å²) in [5.41, 5.74) is 3.72. The first-order valence-electron chi connectivity index (χ1n) is 4.60. The molecule has 5 nitrogen and oxygen atoms in total.